The van der Waals surface area contributed by atoms with E-state index in [1.165, 1.54) is 13.3 Å². The highest BCUT2D eigenvalue weighted by Crippen LogP contribution is 2.66. The number of primary amides is 1. The van der Waals surface area contributed by atoms with Crippen LogP contribution in [0.1, 0.15) is 30.5 Å². The number of carbonyl (C=O) groups is 2. The fraction of sp³-hybridized carbons (Fsp3) is 0.522. The van der Waals surface area contributed by atoms with Gasteiger partial charge in [0.05, 0.1) is 46.4 Å². The quantitative estimate of drug-likeness (QED) is 0.446. The normalized spacial score (nSPS) is 28.7. The molecule has 12 nitrogen and oxygen atoms in total. The van der Waals surface area contributed by atoms with Gasteiger partial charge in [-0.1, -0.05) is 5.21 Å². The summed E-state index contributed by atoms with van der Waals surface area (Å²) in [5.41, 5.74) is 0.216. The van der Waals surface area contributed by atoms with Crippen LogP contribution in [-0.2, 0) is 41.7 Å². The van der Waals surface area contributed by atoms with Crippen molar-refractivity contribution >= 4 is 21.7 Å². The molecule has 2 aliphatic rings. The van der Waals surface area contributed by atoms with Gasteiger partial charge in [0, 0.05) is 20.1 Å². The van der Waals surface area contributed by atoms with Crippen LogP contribution in [0.5, 0.6) is 0 Å². The molecule has 0 aliphatic heterocycles. The summed E-state index contributed by atoms with van der Waals surface area (Å²) in [6.07, 6.45) is -6.46. The van der Waals surface area contributed by atoms with Crippen LogP contribution in [0, 0.1) is 28.1 Å². The highest BCUT2D eigenvalue weighted by atomic mass is 32.2. The maximum Gasteiger partial charge on any atom is 0.417 e. The van der Waals surface area contributed by atoms with Gasteiger partial charge in [0.15, 0.2) is 9.84 Å². The number of halogens is 3. The molecule has 1 aromatic carbocycles. The van der Waals surface area contributed by atoms with Crippen molar-refractivity contribution in [1.29, 1.82) is 5.26 Å². The molecule has 2 saturated carbocycles. The number of nitrogens with two attached hydrogens (primary N) is 1. The lowest BCUT2D eigenvalue weighted by Gasteiger charge is -2.31. The van der Waals surface area contributed by atoms with Gasteiger partial charge in [0.25, 0.3) is 0 Å². The number of nitrogens with zero attached hydrogens (tertiary/aromatic N) is 4. The predicted octanol–water partition coefficient (Wildman–Crippen LogP) is 1.47. The molecular formula is C23H24F3N5O7S. The van der Waals surface area contributed by atoms with E-state index < -0.39 is 79.3 Å². The Morgan fingerprint density at radius 2 is 2.00 bits per heavy atom. The molecule has 0 bridgehead atoms. The zero-order chi connectivity index (χ0) is 29.0. The van der Waals surface area contributed by atoms with Gasteiger partial charge in [-0.25, -0.2) is 13.1 Å². The van der Waals surface area contributed by atoms with Gasteiger partial charge < -0.3 is 20.3 Å². The summed E-state index contributed by atoms with van der Waals surface area (Å²) >= 11 is 0. The van der Waals surface area contributed by atoms with Gasteiger partial charge in [-0.05, 0) is 37.5 Å². The largest absolute Gasteiger partial charge is 0.481 e. The predicted molar refractivity (Wildman–Crippen MR) is 123 cm³/mol. The highest BCUT2D eigenvalue weighted by Gasteiger charge is 2.75. The first-order valence-electron chi connectivity index (χ1n) is 11.5. The van der Waals surface area contributed by atoms with Gasteiger partial charge in [0.1, 0.15) is 16.5 Å². The number of aromatic nitrogens is 3. The number of benzene rings is 1. The number of rotatable bonds is 9. The smallest absolute Gasteiger partial charge is 0.417 e. The standard InChI is InChI=1S/C23H24F3N5O7S/c1-37-10-12-9-31(30-29-12)13-3-4-16(15(5-13)23(24,25)26)39(35,36)14-6-18(38-2)22(7-14,20(33)34)17-8-21(17,11-27)19(28)32/h3-5,9,14,17-18H,6-8,10H2,1-2H3,(H2,28,32)(H,33,34)/t14-,17?,18+,21?,22+/m1/s1. The molecule has 0 radical (unpaired) electrons. The number of hydrogen-bond acceptors (Lipinski definition) is 9. The third kappa shape index (κ3) is 4.43. The first-order chi connectivity index (χ1) is 18.2. The van der Waals surface area contributed by atoms with Gasteiger partial charge in [-0.3, -0.25) is 9.59 Å². The van der Waals surface area contributed by atoms with Gasteiger partial charge >= 0.3 is 12.1 Å². The van der Waals surface area contributed by atoms with Gasteiger partial charge in [0.2, 0.25) is 5.91 Å². The summed E-state index contributed by atoms with van der Waals surface area (Å²) < 4.78 is 81.0. The van der Waals surface area contributed by atoms with E-state index in [1.807, 2.05) is 0 Å². The van der Waals surface area contributed by atoms with Crippen molar-refractivity contribution < 1.29 is 45.8 Å². The molecule has 2 fully saturated rings. The first-order valence-corrected chi connectivity index (χ1v) is 13.1. The second kappa shape index (κ2) is 9.57. The minimum atomic E-state index is -5.10. The average Bonchev–Trinajstić information content (AvgIpc) is 3.23. The number of alkyl halides is 3. The molecule has 1 heterocycles. The molecular weight excluding hydrogens is 547 g/mol. The summed E-state index contributed by atoms with van der Waals surface area (Å²) in [5.74, 6) is -3.76. The van der Waals surface area contributed by atoms with E-state index in [-0.39, 0.29) is 18.7 Å². The molecule has 0 spiro atoms. The zero-order valence-electron chi connectivity index (χ0n) is 20.7. The van der Waals surface area contributed by atoms with E-state index in [0.29, 0.717) is 11.8 Å². The topological polar surface area (TPSA) is 187 Å². The number of carbonyl (C=O) groups excluding carboxylic acids is 1. The van der Waals surface area contributed by atoms with E-state index in [2.05, 4.69) is 10.3 Å². The van der Waals surface area contributed by atoms with Crippen LogP contribution in [0.25, 0.3) is 5.69 Å². The minimum absolute atomic E-state index is 0.0517. The Morgan fingerprint density at radius 1 is 1.31 bits per heavy atom. The van der Waals surface area contributed by atoms with Crippen LogP contribution in [0.15, 0.2) is 29.3 Å². The van der Waals surface area contributed by atoms with E-state index in [9.17, 15) is 41.5 Å². The Kier molecular flexibility index (Phi) is 6.99. The lowest BCUT2D eigenvalue weighted by Crippen LogP contribution is -2.44. The molecule has 3 N–H and O–H groups in total. The van der Waals surface area contributed by atoms with E-state index in [4.69, 9.17) is 15.2 Å². The third-order valence-electron chi connectivity index (χ3n) is 7.63. The molecule has 0 saturated heterocycles. The molecule has 4 rings (SSSR count). The van der Waals surface area contributed by atoms with Crippen LogP contribution in [0.2, 0.25) is 0 Å². The van der Waals surface area contributed by atoms with Crippen LogP contribution in [0.3, 0.4) is 0 Å². The average molecular weight is 572 g/mol. The van der Waals surface area contributed by atoms with Gasteiger partial charge in [-0.2, -0.15) is 18.4 Å². The molecule has 39 heavy (non-hydrogen) atoms. The number of aliphatic carboxylic acids is 1. The van der Waals surface area contributed by atoms with Crippen LogP contribution < -0.4 is 5.73 Å². The molecule has 210 valence electrons. The number of methoxy groups -OCH3 is 2. The maximum atomic E-state index is 14.1. The number of ether oxygens (including phenoxy) is 2. The summed E-state index contributed by atoms with van der Waals surface area (Å²) in [4.78, 5) is 23.5. The van der Waals surface area contributed by atoms with Crippen LogP contribution in [0.4, 0.5) is 13.2 Å². The number of sulfone groups is 1. The third-order valence-corrected chi connectivity index (χ3v) is 9.84. The fourth-order valence-electron chi connectivity index (χ4n) is 5.61. The van der Waals surface area contributed by atoms with E-state index in [0.717, 1.165) is 23.9 Å². The molecule has 2 aromatic rings. The molecule has 16 heteroatoms. The highest BCUT2D eigenvalue weighted by molar-refractivity contribution is 7.92. The summed E-state index contributed by atoms with van der Waals surface area (Å²) in [5, 5.41) is 25.6. The van der Waals surface area contributed by atoms with E-state index in [1.54, 1.807) is 6.07 Å². The number of amides is 1. The summed E-state index contributed by atoms with van der Waals surface area (Å²) in [6, 6.07) is 4.25. The number of nitriles is 1. The maximum absolute atomic E-state index is 14.1. The van der Waals surface area contributed by atoms with Crippen molar-refractivity contribution in [2.75, 3.05) is 14.2 Å². The fourth-order valence-corrected chi connectivity index (χ4v) is 7.63. The summed E-state index contributed by atoms with van der Waals surface area (Å²) in [6.45, 7) is 0.0517. The Balaban J connectivity index is 1.77. The van der Waals surface area contributed by atoms with Crippen molar-refractivity contribution in [2.45, 2.75) is 48.3 Å². The molecule has 5 atom stereocenters. The SMILES string of the molecule is COCc1cn(-c2ccc(S(=O)(=O)[C@@H]3C[C@H](OC)[C@@](C(=O)O)(C4CC4(C#N)C(N)=O)C3)c(C(F)(F)F)c2)nn1. The molecule has 1 aromatic heterocycles. The molecule has 2 aliphatic carbocycles. The lowest BCUT2D eigenvalue weighted by molar-refractivity contribution is -0.159. The van der Waals surface area contributed by atoms with Crippen molar-refractivity contribution in [3.05, 3.63) is 35.7 Å². The van der Waals surface area contributed by atoms with Crippen molar-refractivity contribution in [1.82, 2.24) is 15.0 Å². The van der Waals surface area contributed by atoms with E-state index >= 15 is 0 Å². The Morgan fingerprint density at radius 3 is 2.51 bits per heavy atom. The number of carboxylic acids is 1. The molecule has 1 amide bonds. The van der Waals surface area contributed by atoms with Gasteiger partial charge in [-0.15, -0.1) is 5.10 Å². The summed E-state index contributed by atoms with van der Waals surface area (Å²) in [7, 11) is -2.27. The first kappa shape index (κ1) is 28.5. The second-order valence-corrected chi connectivity index (χ2v) is 11.8. The Labute approximate surface area is 220 Å². The lowest BCUT2D eigenvalue weighted by atomic mass is 9.75. The van der Waals surface area contributed by atoms with Crippen molar-refractivity contribution in [3.8, 4) is 11.8 Å². The van der Waals surface area contributed by atoms with Crippen LogP contribution >= 0.6 is 0 Å². The Bertz CT molecular complexity index is 1470. The zero-order valence-corrected chi connectivity index (χ0v) is 21.5. The number of hydrogen-bond donors (Lipinski definition) is 2. The van der Waals surface area contributed by atoms with Crippen LogP contribution in [-0.4, -0.2) is 66.0 Å². The second-order valence-electron chi connectivity index (χ2n) is 9.65. The monoisotopic (exact) mass is 571 g/mol. The Hall–Kier alpha value is -3.55. The minimum Gasteiger partial charge on any atom is -0.481 e. The number of carboxylic acid groups (broad SMARTS) is 1. The van der Waals surface area contributed by atoms with Crippen molar-refractivity contribution in [3.63, 3.8) is 0 Å². The van der Waals surface area contributed by atoms with Crippen molar-refractivity contribution in [2.24, 2.45) is 22.5 Å². The molecule has 2 unspecified atom stereocenters.